The number of fused-ring (bicyclic) bond motifs is 2. The summed E-state index contributed by atoms with van der Waals surface area (Å²) >= 11 is 12.9. The number of amides is 1. The van der Waals surface area contributed by atoms with E-state index in [1.165, 1.54) is 0 Å². The monoisotopic (exact) mass is 348 g/mol. The van der Waals surface area contributed by atoms with E-state index >= 15 is 0 Å². The number of halogens is 2. The number of carbonyl (C=O) groups is 1. The molecule has 0 spiro atoms. The zero-order chi connectivity index (χ0) is 16.0. The molecule has 0 saturated carbocycles. The summed E-state index contributed by atoms with van der Waals surface area (Å²) in [5.41, 5.74) is 2.49. The standard InChI is InChI=1S/C17H14Cl2N2O2/c18-11-4-2-1-3-10(11)15-12(19)5-6-13-16(15)17-21(7-8-23-17)9-14(22)20-13/h1-6,15H,7-9H2,(H,20,22)/t15-/m0/s1. The van der Waals surface area contributed by atoms with Gasteiger partial charge in [0.15, 0.2) is 5.88 Å². The van der Waals surface area contributed by atoms with Gasteiger partial charge in [0.05, 0.1) is 18.2 Å². The van der Waals surface area contributed by atoms with Gasteiger partial charge in [0.25, 0.3) is 0 Å². The molecule has 2 aliphatic heterocycles. The third kappa shape index (κ3) is 2.42. The summed E-state index contributed by atoms with van der Waals surface area (Å²) < 4.78 is 5.84. The summed E-state index contributed by atoms with van der Waals surface area (Å²) in [6.07, 6.45) is 3.63. The van der Waals surface area contributed by atoms with Crippen LogP contribution in [0.5, 0.6) is 0 Å². The van der Waals surface area contributed by atoms with Crippen LogP contribution in [0, 0.1) is 0 Å². The van der Waals surface area contributed by atoms with Gasteiger partial charge in [-0.3, -0.25) is 4.79 Å². The molecule has 6 heteroatoms. The molecular weight excluding hydrogens is 335 g/mol. The Morgan fingerprint density at radius 2 is 2.04 bits per heavy atom. The fourth-order valence-electron chi connectivity index (χ4n) is 3.21. The van der Waals surface area contributed by atoms with Crippen molar-refractivity contribution in [3.05, 3.63) is 69.2 Å². The number of carbonyl (C=O) groups excluding carboxylic acids is 1. The maximum atomic E-state index is 12.1. The van der Waals surface area contributed by atoms with Crippen LogP contribution in [0.1, 0.15) is 11.5 Å². The van der Waals surface area contributed by atoms with Crippen LogP contribution in [-0.2, 0) is 9.53 Å². The molecule has 1 aliphatic carbocycles. The first-order chi connectivity index (χ1) is 11.1. The number of benzene rings is 1. The first-order valence-electron chi connectivity index (χ1n) is 7.39. The third-order valence-electron chi connectivity index (χ3n) is 4.21. The minimum absolute atomic E-state index is 0.0569. The summed E-state index contributed by atoms with van der Waals surface area (Å²) in [6, 6.07) is 7.60. The lowest BCUT2D eigenvalue weighted by molar-refractivity contribution is -0.120. The number of hydrogen-bond donors (Lipinski definition) is 1. The number of hydrogen-bond acceptors (Lipinski definition) is 3. The summed E-state index contributed by atoms with van der Waals surface area (Å²) in [6.45, 7) is 1.54. The number of nitrogens with zero attached hydrogens (tertiary/aromatic N) is 1. The highest BCUT2D eigenvalue weighted by Crippen LogP contribution is 2.45. The molecule has 0 unspecified atom stereocenters. The van der Waals surface area contributed by atoms with Gasteiger partial charge in [0.1, 0.15) is 13.2 Å². The predicted molar refractivity (Wildman–Crippen MR) is 88.9 cm³/mol. The molecule has 1 saturated heterocycles. The van der Waals surface area contributed by atoms with Crippen molar-refractivity contribution >= 4 is 29.1 Å². The molecule has 4 nitrogen and oxygen atoms in total. The molecule has 1 N–H and O–H groups in total. The second-order valence-electron chi connectivity index (χ2n) is 5.62. The van der Waals surface area contributed by atoms with Crippen molar-refractivity contribution in [2.45, 2.75) is 5.92 Å². The van der Waals surface area contributed by atoms with Crippen LogP contribution in [0.15, 0.2) is 58.6 Å². The Hall–Kier alpha value is -1.91. The number of allylic oxidation sites excluding steroid dienone is 4. The summed E-state index contributed by atoms with van der Waals surface area (Å²) in [5.74, 6) is 0.406. The van der Waals surface area contributed by atoms with Gasteiger partial charge in [-0.05, 0) is 23.8 Å². The molecule has 0 bridgehead atoms. The number of rotatable bonds is 1. The molecule has 1 aromatic carbocycles. The maximum absolute atomic E-state index is 12.1. The lowest BCUT2D eigenvalue weighted by atomic mass is 9.85. The van der Waals surface area contributed by atoms with E-state index in [0.29, 0.717) is 29.1 Å². The minimum Gasteiger partial charge on any atom is -0.477 e. The Labute approximate surface area is 144 Å². The highest BCUT2D eigenvalue weighted by molar-refractivity contribution is 6.33. The van der Waals surface area contributed by atoms with Crippen LogP contribution in [0.4, 0.5) is 0 Å². The normalized spacial score (nSPS) is 23.3. The third-order valence-corrected chi connectivity index (χ3v) is 4.89. The second kappa shape index (κ2) is 5.62. The Bertz CT molecular complexity index is 783. The summed E-state index contributed by atoms with van der Waals surface area (Å²) in [7, 11) is 0. The van der Waals surface area contributed by atoms with E-state index in [1.807, 2.05) is 35.2 Å². The van der Waals surface area contributed by atoms with E-state index in [2.05, 4.69) is 5.32 Å². The number of ether oxygens (including phenoxy) is 1. The van der Waals surface area contributed by atoms with Gasteiger partial charge in [0, 0.05) is 15.6 Å². The van der Waals surface area contributed by atoms with Crippen molar-refractivity contribution in [1.82, 2.24) is 10.2 Å². The number of nitrogens with one attached hydrogen (secondary N) is 1. The molecule has 1 amide bonds. The maximum Gasteiger partial charge on any atom is 0.244 e. The van der Waals surface area contributed by atoms with Gasteiger partial charge in [-0.1, -0.05) is 41.4 Å². The first kappa shape index (κ1) is 14.7. The lowest BCUT2D eigenvalue weighted by Gasteiger charge is -2.27. The van der Waals surface area contributed by atoms with E-state index in [0.717, 1.165) is 16.8 Å². The van der Waals surface area contributed by atoms with Crippen LogP contribution < -0.4 is 5.32 Å². The molecule has 2 heterocycles. The van der Waals surface area contributed by atoms with Crippen molar-refractivity contribution in [1.29, 1.82) is 0 Å². The van der Waals surface area contributed by atoms with Crippen molar-refractivity contribution in [2.24, 2.45) is 0 Å². The molecular formula is C17H14Cl2N2O2. The smallest absolute Gasteiger partial charge is 0.244 e. The summed E-state index contributed by atoms with van der Waals surface area (Å²) in [4.78, 5) is 14.1. The van der Waals surface area contributed by atoms with Crippen molar-refractivity contribution in [2.75, 3.05) is 19.7 Å². The predicted octanol–water partition coefficient (Wildman–Crippen LogP) is 3.12. The van der Waals surface area contributed by atoms with Gasteiger partial charge in [0.2, 0.25) is 5.91 Å². The highest BCUT2D eigenvalue weighted by atomic mass is 35.5. The van der Waals surface area contributed by atoms with Crippen LogP contribution >= 0.6 is 23.2 Å². The average molecular weight is 349 g/mol. The highest BCUT2D eigenvalue weighted by Gasteiger charge is 2.37. The Kier molecular flexibility index (Phi) is 3.58. The lowest BCUT2D eigenvalue weighted by Crippen LogP contribution is -2.31. The zero-order valence-electron chi connectivity index (χ0n) is 12.2. The molecule has 4 rings (SSSR count). The molecule has 0 radical (unpaired) electrons. The van der Waals surface area contributed by atoms with E-state index < -0.39 is 0 Å². The SMILES string of the molecule is O=C1CN2CCOC2=C2C(=CC=C(Cl)[C@@H]2c2ccccc2Cl)N1. The molecule has 0 aromatic heterocycles. The van der Waals surface area contributed by atoms with Gasteiger partial charge < -0.3 is 15.0 Å². The topological polar surface area (TPSA) is 41.6 Å². The average Bonchev–Trinajstić information content (AvgIpc) is 2.92. The van der Waals surface area contributed by atoms with Gasteiger partial charge in [-0.15, -0.1) is 0 Å². The molecule has 1 fully saturated rings. The molecule has 3 aliphatic rings. The molecule has 23 heavy (non-hydrogen) atoms. The largest absolute Gasteiger partial charge is 0.477 e. The van der Waals surface area contributed by atoms with Crippen molar-refractivity contribution in [3.8, 4) is 0 Å². The van der Waals surface area contributed by atoms with Crippen LogP contribution in [0.3, 0.4) is 0 Å². The van der Waals surface area contributed by atoms with E-state index in [4.69, 9.17) is 27.9 Å². The van der Waals surface area contributed by atoms with E-state index in [1.54, 1.807) is 6.08 Å². The quantitative estimate of drug-likeness (QED) is 0.847. The van der Waals surface area contributed by atoms with Crippen molar-refractivity contribution < 1.29 is 9.53 Å². The minimum atomic E-state index is -0.251. The van der Waals surface area contributed by atoms with E-state index in [-0.39, 0.29) is 18.4 Å². The molecule has 1 aromatic rings. The fourth-order valence-corrected chi connectivity index (χ4v) is 3.75. The zero-order valence-corrected chi connectivity index (χ0v) is 13.7. The Morgan fingerprint density at radius 3 is 2.87 bits per heavy atom. The van der Waals surface area contributed by atoms with Gasteiger partial charge in [-0.2, -0.15) is 0 Å². The van der Waals surface area contributed by atoms with Crippen molar-refractivity contribution in [3.63, 3.8) is 0 Å². The van der Waals surface area contributed by atoms with Crippen LogP contribution in [0.2, 0.25) is 5.02 Å². The Balaban J connectivity index is 1.92. The Morgan fingerprint density at radius 1 is 1.22 bits per heavy atom. The van der Waals surface area contributed by atoms with Crippen LogP contribution in [0.25, 0.3) is 0 Å². The molecule has 118 valence electrons. The summed E-state index contributed by atoms with van der Waals surface area (Å²) in [5, 5.41) is 4.23. The molecule has 1 atom stereocenters. The van der Waals surface area contributed by atoms with E-state index in [9.17, 15) is 4.79 Å². The van der Waals surface area contributed by atoms with Gasteiger partial charge in [-0.25, -0.2) is 0 Å². The van der Waals surface area contributed by atoms with Gasteiger partial charge >= 0.3 is 0 Å². The first-order valence-corrected chi connectivity index (χ1v) is 8.14. The van der Waals surface area contributed by atoms with Crippen LogP contribution in [-0.4, -0.2) is 30.5 Å². The second-order valence-corrected chi connectivity index (χ2v) is 6.47. The fraction of sp³-hybridized carbons (Fsp3) is 0.235.